The fourth-order valence-electron chi connectivity index (χ4n) is 5.34. The zero-order valence-electron chi connectivity index (χ0n) is 21.4. The summed E-state index contributed by atoms with van der Waals surface area (Å²) in [5.41, 5.74) is 3.73. The maximum atomic E-state index is 13.2. The normalized spacial score (nSPS) is 17.0. The lowest BCUT2D eigenvalue weighted by Gasteiger charge is -2.33. The van der Waals surface area contributed by atoms with E-state index in [-0.39, 0.29) is 23.6 Å². The minimum absolute atomic E-state index is 0.0830. The van der Waals surface area contributed by atoms with Gasteiger partial charge in [-0.25, -0.2) is 4.68 Å². The number of hydrogen-bond acceptors (Lipinski definition) is 7. The van der Waals surface area contributed by atoms with E-state index in [4.69, 9.17) is 9.15 Å². The minimum Gasteiger partial charge on any atom is -0.468 e. The van der Waals surface area contributed by atoms with Crippen LogP contribution in [0, 0.1) is 19.8 Å². The molecule has 4 heterocycles. The van der Waals surface area contributed by atoms with Gasteiger partial charge in [-0.05, 0) is 78.2 Å². The molecule has 0 bridgehead atoms. The molecule has 0 amide bonds. The predicted octanol–water partition coefficient (Wildman–Crippen LogP) is 4.30. The summed E-state index contributed by atoms with van der Waals surface area (Å²) in [5, 5.41) is 13.8. The molecule has 5 rings (SSSR count). The molecule has 4 aromatic rings. The van der Waals surface area contributed by atoms with E-state index in [0.29, 0.717) is 25.2 Å². The molecule has 1 N–H and O–H groups in total. The lowest BCUT2D eigenvalue weighted by Crippen LogP contribution is -2.35. The van der Waals surface area contributed by atoms with Crippen LogP contribution in [0.5, 0.6) is 0 Å². The van der Waals surface area contributed by atoms with E-state index in [2.05, 4.69) is 58.3 Å². The van der Waals surface area contributed by atoms with Gasteiger partial charge >= 0.3 is 0 Å². The van der Waals surface area contributed by atoms with Crippen molar-refractivity contribution in [3.05, 3.63) is 75.2 Å². The minimum atomic E-state index is -0.138. The van der Waals surface area contributed by atoms with Crippen LogP contribution in [0.15, 0.2) is 45.8 Å². The van der Waals surface area contributed by atoms with Gasteiger partial charge in [-0.3, -0.25) is 9.69 Å². The van der Waals surface area contributed by atoms with Crippen molar-refractivity contribution in [3.8, 4) is 0 Å². The zero-order chi connectivity index (χ0) is 25.2. The molecule has 0 radical (unpaired) electrons. The lowest BCUT2D eigenvalue weighted by atomic mass is 9.99. The van der Waals surface area contributed by atoms with Crippen molar-refractivity contribution in [1.29, 1.82) is 0 Å². The van der Waals surface area contributed by atoms with Gasteiger partial charge in [0.1, 0.15) is 5.76 Å². The molecule has 1 fully saturated rings. The average molecular weight is 491 g/mol. The summed E-state index contributed by atoms with van der Waals surface area (Å²) in [6.45, 7) is 10.8. The number of tetrazole rings is 1. The molecule has 9 heteroatoms. The molecule has 36 heavy (non-hydrogen) atoms. The maximum absolute atomic E-state index is 13.2. The Morgan fingerprint density at radius 3 is 2.81 bits per heavy atom. The number of rotatable bonds is 9. The third kappa shape index (κ3) is 5.12. The number of fused-ring (bicyclic) bond motifs is 1. The van der Waals surface area contributed by atoms with Gasteiger partial charge in [-0.15, -0.1) is 5.10 Å². The van der Waals surface area contributed by atoms with Crippen molar-refractivity contribution < 1.29 is 9.15 Å². The van der Waals surface area contributed by atoms with Crippen LogP contribution in [0.4, 0.5) is 0 Å². The molecule has 1 aromatic carbocycles. The van der Waals surface area contributed by atoms with Crippen LogP contribution in [-0.2, 0) is 24.4 Å². The molecular weight excluding hydrogens is 456 g/mol. The Labute approximate surface area is 210 Å². The molecule has 0 saturated carbocycles. The number of nitrogens with zero attached hydrogens (tertiary/aromatic N) is 5. The molecule has 1 aliphatic heterocycles. The van der Waals surface area contributed by atoms with Gasteiger partial charge in [-0.2, -0.15) is 0 Å². The summed E-state index contributed by atoms with van der Waals surface area (Å²) in [6.07, 6.45) is 3.86. The topological polar surface area (TPSA) is 102 Å². The van der Waals surface area contributed by atoms with Crippen molar-refractivity contribution in [2.75, 3.05) is 6.61 Å². The van der Waals surface area contributed by atoms with E-state index in [9.17, 15) is 4.79 Å². The van der Waals surface area contributed by atoms with Crippen LogP contribution in [0.1, 0.15) is 61.0 Å². The Bertz CT molecular complexity index is 1370. The Morgan fingerprint density at radius 1 is 1.22 bits per heavy atom. The fraction of sp³-hybridized carbons (Fsp3) is 0.481. The smallest absolute Gasteiger partial charge is 0.252 e. The summed E-state index contributed by atoms with van der Waals surface area (Å²) >= 11 is 0. The Morgan fingerprint density at radius 2 is 2.08 bits per heavy atom. The number of benzene rings is 1. The molecule has 1 saturated heterocycles. The first kappa shape index (κ1) is 24.4. The Hall–Kier alpha value is -3.30. The number of furan rings is 1. The van der Waals surface area contributed by atoms with Gasteiger partial charge in [0.2, 0.25) is 0 Å². The molecule has 0 spiro atoms. The van der Waals surface area contributed by atoms with E-state index in [1.165, 1.54) is 5.56 Å². The van der Waals surface area contributed by atoms with Gasteiger partial charge in [0.05, 0.1) is 37.0 Å². The number of aryl methyl sites for hydroxylation is 2. The zero-order valence-corrected chi connectivity index (χ0v) is 21.4. The number of aromatic nitrogens is 5. The second-order valence-corrected chi connectivity index (χ2v) is 10.2. The van der Waals surface area contributed by atoms with E-state index in [1.54, 1.807) is 6.26 Å². The number of nitrogens with one attached hydrogen (secondary N) is 1. The highest BCUT2D eigenvalue weighted by Gasteiger charge is 2.31. The highest BCUT2D eigenvalue weighted by Crippen LogP contribution is 2.31. The van der Waals surface area contributed by atoms with Crippen molar-refractivity contribution >= 4 is 10.9 Å². The van der Waals surface area contributed by atoms with Crippen molar-refractivity contribution in [2.45, 2.75) is 72.3 Å². The first-order valence-corrected chi connectivity index (χ1v) is 12.7. The standard InChI is InChI=1S/C27H34N6O3/c1-17(2)25(26-29-30-31-33(26)16-23-8-6-10-36-23)32(15-22-7-5-9-35-22)14-21-13-20-12-18(3)11-19(4)24(20)28-27(21)34/h5,7,9,11-13,17,23,25H,6,8,10,14-16H2,1-4H3,(H,28,34)/t23-,25+/m1/s1. The third-order valence-electron chi connectivity index (χ3n) is 6.93. The quantitative estimate of drug-likeness (QED) is 0.373. The SMILES string of the molecule is Cc1cc(C)c2[nH]c(=O)c(CN(Cc3ccco3)[C@H](c3nnnn3C[C@H]3CCCO3)C(C)C)cc2c1. The molecule has 190 valence electrons. The first-order chi connectivity index (χ1) is 17.4. The van der Waals surface area contributed by atoms with E-state index in [0.717, 1.165) is 47.5 Å². The number of H-pyrrole nitrogens is 1. The highest BCUT2D eigenvalue weighted by molar-refractivity contribution is 5.82. The third-order valence-corrected chi connectivity index (χ3v) is 6.93. The van der Waals surface area contributed by atoms with E-state index < -0.39 is 0 Å². The van der Waals surface area contributed by atoms with E-state index >= 15 is 0 Å². The summed E-state index contributed by atoms with van der Waals surface area (Å²) in [5.74, 6) is 1.77. The van der Waals surface area contributed by atoms with Crippen LogP contribution in [-0.4, -0.2) is 42.8 Å². The molecule has 1 aliphatic rings. The first-order valence-electron chi connectivity index (χ1n) is 12.7. The van der Waals surface area contributed by atoms with Crippen LogP contribution in [0.3, 0.4) is 0 Å². The fourth-order valence-corrected chi connectivity index (χ4v) is 5.34. The summed E-state index contributed by atoms with van der Waals surface area (Å²) in [6, 6.07) is 9.91. The van der Waals surface area contributed by atoms with Crippen LogP contribution < -0.4 is 5.56 Å². The van der Waals surface area contributed by atoms with Gasteiger partial charge in [0, 0.05) is 18.7 Å². The van der Waals surface area contributed by atoms with Crippen LogP contribution in [0.25, 0.3) is 10.9 Å². The number of hydrogen-bond donors (Lipinski definition) is 1. The maximum Gasteiger partial charge on any atom is 0.252 e. The molecular formula is C27H34N6O3. The number of ether oxygens (including phenoxy) is 1. The summed E-state index contributed by atoms with van der Waals surface area (Å²) < 4.78 is 13.4. The van der Waals surface area contributed by atoms with Gasteiger partial charge < -0.3 is 14.1 Å². The van der Waals surface area contributed by atoms with Crippen LogP contribution >= 0.6 is 0 Å². The monoisotopic (exact) mass is 490 g/mol. The molecule has 9 nitrogen and oxygen atoms in total. The highest BCUT2D eigenvalue weighted by atomic mass is 16.5. The summed E-state index contributed by atoms with van der Waals surface area (Å²) in [7, 11) is 0. The number of pyridine rings is 1. The van der Waals surface area contributed by atoms with Crippen molar-refractivity contribution in [3.63, 3.8) is 0 Å². The second-order valence-electron chi connectivity index (χ2n) is 10.2. The van der Waals surface area contributed by atoms with Gasteiger partial charge in [-0.1, -0.05) is 25.5 Å². The largest absolute Gasteiger partial charge is 0.468 e. The summed E-state index contributed by atoms with van der Waals surface area (Å²) in [4.78, 5) is 18.6. The van der Waals surface area contributed by atoms with Gasteiger partial charge in [0.15, 0.2) is 5.82 Å². The molecule has 0 unspecified atom stereocenters. The van der Waals surface area contributed by atoms with Crippen molar-refractivity contribution in [1.82, 2.24) is 30.1 Å². The second kappa shape index (κ2) is 10.4. The Kier molecular flexibility index (Phi) is 7.02. The predicted molar refractivity (Wildman–Crippen MR) is 136 cm³/mol. The molecule has 0 aliphatic carbocycles. The average Bonchev–Trinajstić information content (AvgIpc) is 3.60. The van der Waals surface area contributed by atoms with Crippen LogP contribution in [0.2, 0.25) is 0 Å². The lowest BCUT2D eigenvalue weighted by molar-refractivity contribution is 0.0836. The van der Waals surface area contributed by atoms with E-state index in [1.807, 2.05) is 29.8 Å². The molecule has 2 atom stereocenters. The Balaban J connectivity index is 1.53. The van der Waals surface area contributed by atoms with Gasteiger partial charge in [0.25, 0.3) is 5.56 Å². The van der Waals surface area contributed by atoms with Crippen molar-refractivity contribution in [2.24, 2.45) is 5.92 Å². The molecule has 3 aromatic heterocycles. The number of aromatic amines is 1.